The minimum absolute atomic E-state index is 0.00131. The van der Waals surface area contributed by atoms with Crippen LogP contribution in [0.3, 0.4) is 0 Å². The van der Waals surface area contributed by atoms with Crippen LogP contribution in [0, 0.1) is 10.1 Å². The van der Waals surface area contributed by atoms with E-state index in [1.165, 1.54) is 18.6 Å². The summed E-state index contributed by atoms with van der Waals surface area (Å²) in [5, 5.41) is 20.5. The van der Waals surface area contributed by atoms with Gasteiger partial charge in [-0.15, -0.1) is 0 Å². The standard InChI is InChI=1S/C22H32N2O6/c25-15-14-23(19-10-4-3-5-11-19)21(27)13-6-1-2-7-16-30-20-12-8-9-18(17-26)22(20)24(28)29/h8-9,12,17,19,25H,1-7,10-11,13-16H2. The predicted octanol–water partition coefficient (Wildman–Crippen LogP) is 3.89. The number of hydrogen-bond donors (Lipinski definition) is 1. The molecule has 8 heteroatoms. The summed E-state index contributed by atoms with van der Waals surface area (Å²) in [6.07, 6.45) is 9.69. The molecule has 0 heterocycles. The number of carbonyl (C=O) groups excluding carboxylic acids is 2. The van der Waals surface area contributed by atoms with Gasteiger partial charge in [-0.1, -0.05) is 38.2 Å². The van der Waals surface area contributed by atoms with Crippen molar-refractivity contribution in [1.29, 1.82) is 0 Å². The second-order valence-corrected chi connectivity index (χ2v) is 7.68. The lowest BCUT2D eigenvalue weighted by Gasteiger charge is -2.34. The van der Waals surface area contributed by atoms with Crippen LogP contribution in [-0.2, 0) is 4.79 Å². The highest BCUT2D eigenvalue weighted by molar-refractivity contribution is 5.83. The first-order chi connectivity index (χ1) is 14.6. The average Bonchev–Trinajstić information content (AvgIpc) is 2.76. The molecule has 166 valence electrons. The van der Waals surface area contributed by atoms with Gasteiger partial charge in [0.2, 0.25) is 5.91 Å². The van der Waals surface area contributed by atoms with Crippen LogP contribution in [-0.4, -0.2) is 52.9 Å². The van der Waals surface area contributed by atoms with E-state index in [-0.39, 0.29) is 35.6 Å². The second-order valence-electron chi connectivity index (χ2n) is 7.68. The van der Waals surface area contributed by atoms with Gasteiger partial charge in [-0.2, -0.15) is 0 Å². The number of hydrogen-bond acceptors (Lipinski definition) is 6. The lowest BCUT2D eigenvalue weighted by molar-refractivity contribution is -0.386. The molecule has 0 atom stereocenters. The van der Waals surface area contributed by atoms with Crippen molar-refractivity contribution in [1.82, 2.24) is 4.90 Å². The topological polar surface area (TPSA) is 110 Å². The van der Waals surface area contributed by atoms with Crippen molar-refractivity contribution in [2.24, 2.45) is 0 Å². The number of nitro groups is 1. The summed E-state index contributed by atoms with van der Waals surface area (Å²) >= 11 is 0. The molecule has 0 aliphatic heterocycles. The third-order valence-electron chi connectivity index (χ3n) is 5.56. The maximum Gasteiger partial charge on any atom is 0.321 e. The summed E-state index contributed by atoms with van der Waals surface area (Å²) in [5.41, 5.74) is -0.300. The van der Waals surface area contributed by atoms with Gasteiger partial charge in [-0.05, 0) is 37.8 Å². The minimum Gasteiger partial charge on any atom is -0.487 e. The van der Waals surface area contributed by atoms with E-state index in [0.29, 0.717) is 32.3 Å². The molecule has 1 aliphatic carbocycles. The molecule has 1 aromatic carbocycles. The van der Waals surface area contributed by atoms with Gasteiger partial charge in [0.1, 0.15) is 0 Å². The quantitative estimate of drug-likeness (QED) is 0.224. The molecular weight excluding hydrogens is 388 g/mol. The van der Waals surface area contributed by atoms with Crippen LogP contribution < -0.4 is 4.74 Å². The SMILES string of the molecule is O=Cc1cccc(OCCCCCCC(=O)N(CCO)C2CCCCC2)c1[N+](=O)[O-]. The maximum atomic E-state index is 12.6. The first-order valence-corrected chi connectivity index (χ1v) is 10.8. The Bertz CT molecular complexity index is 703. The number of amides is 1. The van der Waals surface area contributed by atoms with Crippen molar-refractivity contribution in [2.45, 2.75) is 70.3 Å². The molecule has 30 heavy (non-hydrogen) atoms. The molecule has 0 aromatic heterocycles. The van der Waals surface area contributed by atoms with Gasteiger partial charge in [0.15, 0.2) is 12.0 Å². The summed E-state index contributed by atoms with van der Waals surface area (Å²) in [7, 11) is 0. The molecule has 1 saturated carbocycles. The Morgan fingerprint density at radius 1 is 1.20 bits per heavy atom. The highest BCUT2D eigenvalue weighted by atomic mass is 16.6. The van der Waals surface area contributed by atoms with Gasteiger partial charge >= 0.3 is 5.69 Å². The number of carbonyl (C=O) groups is 2. The summed E-state index contributed by atoms with van der Waals surface area (Å²) in [4.78, 5) is 36.0. The summed E-state index contributed by atoms with van der Waals surface area (Å²) in [5.74, 6) is 0.223. The zero-order chi connectivity index (χ0) is 21.8. The highest BCUT2D eigenvalue weighted by Crippen LogP contribution is 2.30. The van der Waals surface area contributed by atoms with Crippen LogP contribution >= 0.6 is 0 Å². The van der Waals surface area contributed by atoms with Gasteiger partial charge in [0.25, 0.3) is 0 Å². The lowest BCUT2D eigenvalue weighted by atomic mass is 9.94. The number of ether oxygens (including phenoxy) is 1. The number of nitrogens with zero attached hydrogens (tertiary/aromatic N) is 2. The number of benzene rings is 1. The Balaban J connectivity index is 1.69. The molecule has 1 aliphatic rings. The fourth-order valence-electron chi connectivity index (χ4n) is 4.02. The molecule has 1 N–H and O–H groups in total. The maximum absolute atomic E-state index is 12.6. The third-order valence-corrected chi connectivity index (χ3v) is 5.56. The smallest absolute Gasteiger partial charge is 0.321 e. The number of unbranched alkanes of at least 4 members (excludes halogenated alkanes) is 3. The molecule has 0 spiro atoms. The van der Waals surface area contributed by atoms with Crippen LogP contribution in [0.5, 0.6) is 5.75 Å². The Morgan fingerprint density at radius 2 is 1.93 bits per heavy atom. The molecular formula is C22H32N2O6. The third kappa shape index (κ3) is 7.09. The Labute approximate surface area is 177 Å². The van der Waals surface area contributed by atoms with E-state index >= 15 is 0 Å². The minimum atomic E-state index is -0.602. The number of rotatable bonds is 13. The van der Waals surface area contributed by atoms with E-state index in [9.17, 15) is 24.8 Å². The molecule has 1 amide bonds. The van der Waals surface area contributed by atoms with Gasteiger partial charge < -0.3 is 14.7 Å². The first kappa shape index (κ1) is 23.8. The van der Waals surface area contributed by atoms with Crippen molar-refractivity contribution in [3.8, 4) is 5.75 Å². The van der Waals surface area contributed by atoms with E-state index in [1.54, 1.807) is 6.07 Å². The van der Waals surface area contributed by atoms with Crippen molar-refractivity contribution in [3.05, 3.63) is 33.9 Å². The fraction of sp³-hybridized carbons (Fsp3) is 0.636. The Morgan fingerprint density at radius 3 is 2.60 bits per heavy atom. The lowest BCUT2D eigenvalue weighted by Crippen LogP contribution is -2.43. The van der Waals surface area contributed by atoms with Gasteiger partial charge in [0.05, 0.1) is 23.7 Å². The molecule has 1 fully saturated rings. The number of nitro benzene ring substituents is 1. The molecule has 8 nitrogen and oxygen atoms in total. The van der Waals surface area contributed by atoms with Gasteiger partial charge in [-0.3, -0.25) is 19.7 Å². The normalized spacial score (nSPS) is 14.3. The monoisotopic (exact) mass is 420 g/mol. The summed E-state index contributed by atoms with van der Waals surface area (Å²) in [6, 6.07) is 4.71. The van der Waals surface area contributed by atoms with Crippen molar-refractivity contribution in [2.75, 3.05) is 19.8 Å². The number of aliphatic hydroxyl groups excluding tert-OH is 1. The largest absolute Gasteiger partial charge is 0.487 e. The number of para-hydroxylation sites is 1. The van der Waals surface area contributed by atoms with Crippen molar-refractivity contribution < 1.29 is 24.4 Å². The van der Waals surface area contributed by atoms with E-state index < -0.39 is 4.92 Å². The van der Waals surface area contributed by atoms with Gasteiger partial charge in [-0.25, -0.2) is 0 Å². The van der Waals surface area contributed by atoms with Crippen molar-refractivity contribution >= 4 is 17.9 Å². The summed E-state index contributed by atoms with van der Waals surface area (Å²) in [6.45, 7) is 0.725. The second kappa shape index (κ2) is 13.0. The zero-order valence-corrected chi connectivity index (χ0v) is 17.5. The van der Waals surface area contributed by atoms with Crippen LogP contribution in [0.2, 0.25) is 0 Å². The predicted molar refractivity (Wildman–Crippen MR) is 113 cm³/mol. The Hall–Kier alpha value is -2.48. The van der Waals surface area contributed by atoms with E-state index in [1.807, 2.05) is 4.90 Å². The Kier molecular flexibility index (Phi) is 10.3. The van der Waals surface area contributed by atoms with Crippen LogP contribution in [0.1, 0.15) is 74.6 Å². The average molecular weight is 421 g/mol. The molecule has 0 radical (unpaired) electrons. The number of aldehydes is 1. The van der Waals surface area contributed by atoms with Gasteiger partial charge in [0, 0.05) is 19.0 Å². The molecule has 0 unspecified atom stereocenters. The fourth-order valence-corrected chi connectivity index (χ4v) is 4.02. The molecule has 1 aromatic rings. The van der Waals surface area contributed by atoms with Crippen LogP contribution in [0.25, 0.3) is 0 Å². The highest BCUT2D eigenvalue weighted by Gasteiger charge is 2.24. The van der Waals surface area contributed by atoms with E-state index in [0.717, 1.165) is 44.9 Å². The molecule has 2 rings (SSSR count). The molecule has 0 bridgehead atoms. The first-order valence-electron chi connectivity index (χ1n) is 10.8. The summed E-state index contributed by atoms with van der Waals surface area (Å²) < 4.78 is 5.51. The van der Waals surface area contributed by atoms with Crippen LogP contribution in [0.4, 0.5) is 5.69 Å². The van der Waals surface area contributed by atoms with Crippen LogP contribution in [0.15, 0.2) is 18.2 Å². The number of aliphatic hydroxyl groups is 1. The van der Waals surface area contributed by atoms with Crippen molar-refractivity contribution in [3.63, 3.8) is 0 Å². The van der Waals surface area contributed by atoms with E-state index in [2.05, 4.69) is 0 Å². The molecule has 0 saturated heterocycles. The zero-order valence-electron chi connectivity index (χ0n) is 17.5. The van der Waals surface area contributed by atoms with E-state index in [4.69, 9.17) is 4.74 Å².